The Hall–Kier alpha value is -0.870. The lowest BCUT2D eigenvalue weighted by Crippen LogP contribution is -2.36. The smallest absolute Gasteiger partial charge is 0.106 e. The quantitative estimate of drug-likeness (QED) is 0.849. The van der Waals surface area contributed by atoms with Gasteiger partial charge in [-0.1, -0.05) is 0 Å². The third kappa shape index (κ3) is 1.99. The molecule has 0 amide bonds. The normalized spacial score (nSPS) is 30.6. The second-order valence-electron chi connectivity index (χ2n) is 4.50. The Kier molecular flexibility index (Phi) is 3.30. The fourth-order valence-corrected chi connectivity index (χ4v) is 2.54. The number of nitrogens with zero attached hydrogens (tertiary/aromatic N) is 2. The fraction of sp³-hybridized carbons (Fsp3) is 0.750. The molecule has 0 atom stereocenters. The molecule has 1 aliphatic rings. The third-order valence-electron chi connectivity index (χ3n) is 3.59. The molecule has 4 nitrogen and oxygen atoms in total. The summed E-state index contributed by atoms with van der Waals surface area (Å²) >= 11 is 0. The molecule has 0 radical (unpaired) electrons. The molecule has 0 spiro atoms. The molecule has 1 saturated carbocycles. The van der Waals surface area contributed by atoms with E-state index in [0.717, 1.165) is 37.9 Å². The molecule has 16 heavy (non-hydrogen) atoms. The van der Waals surface area contributed by atoms with E-state index in [4.69, 9.17) is 4.74 Å². The van der Waals surface area contributed by atoms with Gasteiger partial charge in [0, 0.05) is 19.9 Å². The minimum Gasteiger partial charge on any atom is -0.384 e. The summed E-state index contributed by atoms with van der Waals surface area (Å²) in [5, 5.41) is 14.9. The van der Waals surface area contributed by atoms with Crippen LogP contribution in [0.15, 0.2) is 12.3 Å². The van der Waals surface area contributed by atoms with E-state index in [0.29, 0.717) is 6.10 Å². The minimum absolute atomic E-state index is 0.304. The van der Waals surface area contributed by atoms with E-state index in [1.54, 1.807) is 13.3 Å². The van der Waals surface area contributed by atoms with Crippen LogP contribution in [0.4, 0.5) is 0 Å². The van der Waals surface area contributed by atoms with Crippen LogP contribution in [0.2, 0.25) is 0 Å². The average molecular weight is 224 g/mol. The predicted molar refractivity (Wildman–Crippen MR) is 61.1 cm³/mol. The van der Waals surface area contributed by atoms with Gasteiger partial charge in [0.25, 0.3) is 0 Å². The van der Waals surface area contributed by atoms with E-state index in [-0.39, 0.29) is 0 Å². The first-order valence-corrected chi connectivity index (χ1v) is 5.97. The number of hydrogen-bond donors (Lipinski definition) is 1. The second kappa shape index (κ2) is 4.55. The van der Waals surface area contributed by atoms with Crippen LogP contribution in [-0.4, -0.2) is 28.1 Å². The molecule has 1 aromatic heterocycles. The average Bonchev–Trinajstić information content (AvgIpc) is 2.79. The van der Waals surface area contributed by atoms with Crippen molar-refractivity contribution in [3.8, 4) is 0 Å². The molecule has 0 aromatic carbocycles. The van der Waals surface area contributed by atoms with Crippen LogP contribution in [0.3, 0.4) is 0 Å². The van der Waals surface area contributed by atoms with Gasteiger partial charge in [-0.15, -0.1) is 0 Å². The summed E-state index contributed by atoms with van der Waals surface area (Å²) in [4.78, 5) is 0. The highest BCUT2D eigenvalue weighted by atomic mass is 16.5. The van der Waals surface area contributed by atoms with Gasteiger partial charge in [0.05, 0.1) is 11.8 Å². The largest absolute Gasteiger partial charge is 0.384 e. The summed E-state index contributed by atoms with van der Waals surface area (Å²) in [5.41, 5.74) is 0.242. The highest BCUT2D eigenvalue weighted by Crippen LogP contribution is 2.37. The fourth-order valence-electron chi connectivity index (χ4n) is 2.54. The molecule has 4 heteroatoms. The van der Waals surface area contributed by atoms with Gasteiger partial charge in [-0.2, -0.15) is 5.10 Å². The predicted octanol–water partition coefficient (Wildman–Crippen LogP) is 1.68. The molecule has 0 bridgehead atoms. The Morgan fingerprint density at radius 3 is 2.81 bits per heavy atom. The van der Waals surface area contributed by atoms with Crippen molar-refractivity contribution in [3.05, 3.63) is 18.0 Å². The van der Waals surface area contributed by atoms with Gasteiger partial charge in [-0.25, -0.2) is 0 Å². The highest BCUT2D eigenvalue weighted by molar-refractivity contribution is 5.13. The molecule has 1 heterocycles. The molecule has 0 saturated heterocycles. The van der Waals surface area contributed by atoms with E-state index in [2.05, 4.69) is 5.10 Å². The first-order valence-electron chi connectivity index (χ1n) is 5.97. The number of rotatable bonds is 3. The molecule has 1 N–H and O–H groups in total. The van der Waals surface area contributed by atoms with Gasteiger partial charge in [0.2, 0.25) is 0 Å². The van der Waals surface area contributed by atoms with Crippen molar-refractivity contribution in [1.82, 2.24) is 9.78 Å². The Balaban J connectivity index is 2.14. The SMILES string of the molecule is CCn1nccc1C1(O)CCC(OC)CC1. The van der Waals surface area contributed by atoms with Crippen LogP contribution in [0.5, 0.6) is 0 Å². The number of methoxy groups -OCH3 is 1. The molecule has 2 rings (SSSR count). The lowest BCUT2D eigenvalue weighted by atomic mass is 9.81. The van der Waals surface area contributed by atoms with Crippen molar-refractivity contribution < 1.29 is 9.84 Å². The Labute approximate surface area is 96.2 Å². The van der Waals surface area contributed by atoms with Crippen molar-refractivity contribution in [2.45, 2.75) is 50.9 Å². The summed E-state index contributed by atoms with van der Waals surface area (Å²) < 4.78 is 7.21. The maximum absolute atomic E-state index is 10.6. The number of hydrogen-bond acceptors (Lipinski definition) is 3. The van der Waals surface area contributed by atoms with Crippen molar-refractivity contribution in [3.63, 3.8) is 0 Å². The Morgan fingerprint density at radius 1 is 1.56 bits per heavy atom. The third-order valence-corrected chi connectivity index (χ3v) is 3.59. The first kappa shape index (κ1) is 11.6. The summed E-state index contributed by atoms with van der Waals surface area (Å²) in [6, 6.07) is 1.93. The van der Waals surface area contributed by atoms with Crippen LogP contribution in [0.1, 0.15) is 38.3 Å². The lowest BCUT2D eigenvalue weighted by Gasteiger charge is -2.35. The number of ether oxygens (including phenoxy) is 1. The topological polar surface area (TPSA) is 47.3 Å². The van der Waals surface area contributed by atoms with E-state index in [1.807, 2.05) is 17.7 Å². The Morgan fingerprint density at radius 2 is 2.25 bits per heavy atom. The summed E-state index contributed by atoms with van der Waals surface area (Å²) in [7, 11) is 1.74. The molecule has 1 aliphatic carbocycles. The number of aliphatic hydroxyl groups is 1. The van der Waals surface area contributed by atoms with Crippen LogP contribution >= 0.6 is 0 Å². The molecular formula is C12H20N2O2. The van der Waals surface area contributed by atoms with Gasteiger partial charge in [0.1, 0.15) is 5.60 Å². The van der Waals surface area contributed by atoms with Gasteiger partial charge in [-0.3, -0.25) is 4.68 Å². The summed E-state index contributed by atoms with van der Waals surface area (Å²) in [5.74, 6) is 0. The zero-order chi connectivity index (χ0) is 11.6. The summed E-state index contributed by atoms with van der Waals surface area (Å²) in [6.45, 7) is 2.85. The number of aromatic nitrogens is 2. The van der Waals surface area contributed by atoms with Gasteiger partial charge in [0.15, 0.2) is 0 Å². The van der Waals surface area contributed by atoms with E-state index >= 15 is 0 Å². The van der Waals surface area contributed by atoms with Crippen molar-refractivity contribution >= 4 is 0 Å². The standard InChI is InChI=1S/C12H20N2O2/c1-3-14-11(6-9-13-14)12(15)7-4-10(16-2)5-8-12/h6,9-10,15H,3-5,7-8H2,1-2H3. The first-order chi connectivity index (χ1) is 7.69. The molecule has 1 aromatic rings. The van der Waals surface area contributed by atoms with Crippen LogP contribution in [0, 0.1) is 0 Å². The minimum atomic E-state index is -0.707. The summed E-state index contributed by atoms with van der Waals surface area (Å²) in [6.07, 6.45) is 5.43. The van der Waals surface area contributed by atoms with Gasteiger partial charge < -0.3 is 9.84 Å². The van der Waals surface area contributed by atoms with E-state index in [1.165, 1.54) is 0 Å². The maximum Gasteiger partial charge on any atom is 0.106 e. The zero-order valence-corrected chi connectivity index (χ0v) is 10.0. The van der Waals surface area contributed by atoms with Crippen molar-refractivity contribution in [2.24, 2.45) is 0 Å². The number of aryl methyl sites for hydroxylation is 1. The maximum atomic E-state index is 10.6. The molecule has 90 valence electrons. The molecular weight excluding hydrogens is 204 g/mol. The van der Waals surface area contributed by atoms with E-state index in [9.17, 15) is 5.11 Å². The molecule has 1 fully saturated rings. The monoisotopic (exact) mass is 224 g/mol. The zero-order valence-electron chi connectivity index (χ0n) is 10.0. The van der Waals surface area contributed by atoms with Crippen LogP contribution in [0.25, 0.3) is 0 Å². The second-order valence-corrected chi connectivity index (χ2v) is 4.50. The van der Waals surface area contributed by atoms with Gasteiger partial charge >= 0.3 is 0 Å². The molecule has 0 aliphatic heterocycles. The Bertz CT molecular complexity index is 341. The van der Waals surface area contributed by atoms with Gasteiger partial charge in [-0.05, 0) is 38.7 Å². The van der Waals surface area contributed by atoms with E-state index < -0.39 is 5.60 Å². The van der Waals surface area contributed by atoms with Crippen LogP contribution in [-0.2, 0) is 16.9 Å². The lowest BCUT2D eigenvalue weighted by molar-refractivity contribution is -0.0526. The highest BCUT2D eigenvalue weighted by Gasteiger charge is 2.37. The van der Waals surface area contributed by atoms with Crippen molar-refractivity contribution in [1.29, 1.82) is 0 Å². The van der Waals surface area contributed by atoms with Crippen LogP contribution < -0.4 is 0 Å². The van der Waals surface area contributed by atoms with Crippen molar-refractivity contribution in [2.75, 3.05) is 7.11 Å². The molecule has 0 unspecified atom stereocenters.